The minimum Gasteiger partial charge on any atom is -0.229 e. The van der Waals surface area contributed by atoms with Gasteiger partial charge in [-0.3, -0.25) is 0 Å². The number of hydrogen-bond acceptors (Lipinski definition) is 2. The van der Waals surface area contributed by atoms with E-state index in [4.69, 9.17) is 11.6 Å². The van der Waals surface area contributed by atoms with E-state index < -0.39 is 9.84 Å². The highest BCUT2D eigenvalue weighted by Gasteiger charge is 2.15. The van der Waals surface area contributed by atoms with E-state index in [0.29, 0.717) is 42.1 Å². The normalized spacial score (nSPS) is 14.5. The van der Waals surface area contributed by atoms with Crippen LogP contribution >= 0.6 is 11.6 Å². The largest absolute Gasteiger partial charge is 0.229 e. The predicted molar refractivity (Wildman–Crippen MR) is 67.2 cm³/mol. The van der Waals surface area contributed by atoms with E-state index in [2.05, 4.69) is 13.8 Å². The Morgan fingerprint density at radius 3 is 2.20 bits per heavy atom. The van der Waals surface area contributed by atoms with Gasteiger partial charge in [0.05, 0.1) is 5.75 Å². The molecule has 0 saturated carbocycles. The molecule has 0 aromatic rings. The Morgan fingerprint density at radius 2 is 1.80 bits per heavy atom. The lowest BCUT2D eigenvalue weighted by atomic mass is 9.97. The first-order valence-electron chi connectivity index (χ1n) is 5.67. The van der Waals surface area contributed by atoms with Crippen LogP contribution in [-0.2, 0) is 9.84 Å². The fourth-order valence-electron chi connectivity index (χ4n) is 1.68. The van der Waals surface area contributed by atoms with Crippen molar-refractivity contribution in [1.29, 1.82) is 0 Å². The van der Waals surface area contributed by atoms with E-state index in [-0.39, 0.29) is 0 Å². The lowest BCUT2D eigenvalue weighted by molar-refractivity contribution is 0.432. The first-order chi connectivity index (χ1) is 6.91. The first-order valence-corrected chi connectivity index (χ1v) is 8.03. The van der Waals surface area contributed by atoms with Crippen LogP contribution in [-0.4, -0.2) is 25.8 Å². The maximum absolute atomic E-state index is 11.5. The lowest BCUT2D eigenvalue weighted by Crippen LogP contribution is -2.16. The van der Waals surface area contributed by atoms with Crippen LogP contribution in [0.1, 0.15) is 40.0 Å². The number of alkyl halides is 1. The standard InChI is InChI=1S/C11H23ClO2S/c1-4-6-15(13,14)7-5-11(9-12)8-10(2)3/h10-11H,4-9H2,1-3H3. The van der Waals surface area contributed by atoms with Gasteiger partial charge >= 0.3 is 0 Å². The van der Waals surface area contributed by atoms with Crippen LogP contribution in [0.2, 0.25) is 0 Å². The summed E-state index contributed by atoms with van der Waals surface area (Å²) < 4.78 is 23.0. The second-order valence-electron chi connectivity index (χ2n) is 4.59. The second-order valence-corrected chi connectivity index (χ2v) is 7.20. The summed E-state index contributed by atoms with van der Waals surface area (Å²) in [6.07, 6.45) is 2.44. The maximum atomic E-state index is 11.5. The molecule has 0 aromatic carbocycles. The molecule has 1 unspecified atom stereocenters. The molecule has 4 heteroatoms. The average Bonchev–Trinajstić information content (AvgIpc) is 2.11. The molecule has 0 aromatic heterocycles. The highest BCUT2D eigenvalue weighted by molar-refractivity contribution is 7.91. The summed E-state index contributed by atoms with van der Waals surface area (Å²) in [5.41, 5.74) is 0. The highest BCUT2D eigenvalue weighted by atomic mass is 35.5. The van der Waals surface area contributed by atoms with Gasteiger partial charge in [0.2, 0.25) is 0 Å². The average molecular weight is 255 g/mol. The molecule has 0 aliphatic heterocycles. The lowest BCUT2D eigenvalue weighted by Gasteiger charge is -2.15. The van der Waals surface area contributed by atoms with Crippen molar-refractivity contribution in [3.8, 4) is 0 Å². The fraction of sp³-hybridized carbons (Fsp3) is 1.00. The van der Waals surface area contributed by atoms with Crippen LogP contribution in [0.4, 0.5) is 0 Å². The van der Waals surface area contributed by atoms with Gasteiger partial charge in [0, 0.05) is 11.6 Å². The van der Waals surface area contributed by atoms with E-state index in [0.717, 1.165) is 6.42 Å². The first kappa shape index (κ1) is 15.2. The predicted octanol–water partition coefficient (Wildman–Crippen LogP) is 3.10. The van der Waals surface area contributed by atoms with E-state index in [1.807, 2.05) is 6.92 Å². The molecule has 0 N–H and O–H groups in total. The van der Waals surface area contributed by atoms with E-state index in [9.17, 15) is 8.42 Å². The molecule has 0 aliphatic carbocycles. The maximum Gasteiger partial charge on any atom is 0.150 e. The van der Waals surface area contributed by atoms with Crippen molar-refractivity contribution < 1.29 is 8.42 Å². The third-order valence-electron chi connectivity index (χ3n) is 2.38. The molecular weight excluding hydrogens is 232 g/mol. The van der Waals surface area contributed by atoms with Crippen LogP contribution in [0.15, 0.2) is 0 Å². The van der Waals surface area contributed by atoms with Crippen molar-refractivity contribution in [3.05, 3.63) is 0 Å². The number of sulfone groups is 1. The molecule has 1 atom stereocenters. The molecule has 0 aliphatic rings. The zero-order chi connectivity index (χ0) is 11.9. The molecule has 0 radical (unpaired) electrons. The van der Waals surface area contributed by atoms with Crippen LogP contribution in [0, 0.1) is 11.8 Å². The summed E-state index contributed by atoms with van der Waals surface area (Å²) in [6, 6.07) is 0. The molecule has 0 spiro atoms. The summed E-state index contributed by atoms with van der Waals surface area (Å²) in [7, 11) is -2.83. The molecule has 0 amide bonds. The van der Waals surface area contributed by atoms with Gasteiger partial charge in [-0.05, 0) is 31.1 Å². The topological polar surface area (TPSA) is 34.1 Å². The summed E-state index contributed by atoms with van der Waals surface area (Å²) in [4.78, 5) is 0. The quantitative estimate of drug-likeness (QED) is 0.624. The van der Waals surface area contributed by atoms with Gasteiger partial charge < -0.3 is 0 Å². The van der Waals surface area contributed by atoms with Crippen molar-refractivity contribution in [2.75, 3.05) is 17.4 Å². The van der Waals surface area contributed by atoms with Gasteiger partial charge in [-0.15, -0.1) is 11.6 Å². The molecule has 0 bridgehead atoms. The third-order valence-corrected chi connectivity index (χ3v) is 4.70. The summed E-state index contributed by atoms with van der Waals surface area (Å²) in [5.74, 6) is 2.11. The fourth-order valence-corrected chi connectivity index (χ4v) is 3.48. The molecule has 92 valence electrons. The van der Waals surface area contributed by atoms with Gasteiger partial charge in [-0.2, -0.15) is 0 Å². The smallest absolute Gasteiger partial charge is 0.150 e. The number of hydrogen-bond donors (Lipinski definition) is 0. The van der Waals surface area contributed by atoms with Gasteiger partial charge in [-0.25, -0.2) is 8.42 Å². The molecule has 15 heavy (non-hydrogen) atoms. The Labute approximate surface area is 99.3 Å². The van der Waals surface area contributed by atoms with E-state index >= 15 is 0 Å². The van der Waals surface area contributed by atoms with Crippen molar-refractivity contribution >= 4 is 21.4 Å². The number of rotatable bonds is 8. The Morgan fingerprint density at radius 1 is 1.20 bits per heavy atom. The van der Waals surface area contributed by atoms with Crippen molar-refractivity contribution in [3.63, 3.8) is 0 Å². The second kappa shape index (κ2) is 7.50. The minimum absolute atomic E-state index is 0.297. The summed E-state index contributed by atoms with van der Waals surface area (Å²) >= 11 is 5.82. The molecular formula is C11H23ClO2S. The van der Waals surface area contributed by atoms with Crippen molar-refractivity contribution in [2.45, 2.75) is 40.0 Å². The molecule has 0 heterocycles. The SMILES string of the molecule is CCCS(=O)(=O)CCC(CCl)CC(C)C. The van der Waals surface area contributed by atoms with Gasteiger partial charge in [0.15, 0.2) is 0 Å². The molecule has 0 saturated heterocycles. The van der Waals surface area contributed by atoms with E-state index in [1.54, 1.807) is 0 Å². The Hall–Kier alpha value is 0.240. The highest BCUT2D eigenvalue weighted by Crippen LogP contribution is 2.18. The minimum atomic E-state index is -2.83. The zero-order valence-corrected chi connectivity index (χ0v) is 11.6. The molecule has 2 nitrogen and oxygen atoms in total. The third kappa shape index (κ3) is 8.09. The monoisotopic (exact) mass is 254 g/mol. The van der Waals surface area contributed by atoms with Gasteiger partial charge in [0.25, 0.3) is 0 Å². The number of halogens is 1. The van der Waals surface area contributed by atoms with Crippen molar-refractivity contribution in [2.24, 2.45) is 11.8 Å². The van der Waals surface area contributed by atoms with Crippen LogP contribution in [0.25, 0.3) is 0 Å². The van der Waals surface area contributed by atoms with Crippen molar-refractivity contribution in [1.82, 2.24) is 0 Å². The van der Waals surface area contributed by atoms with E-state index in [1.165, 1.54) is 0 Å². The Kier molecular flexibility index (Phi) is 7.62. The van der Waals surface area contributed by atoms with Crippen LogP contribution in [0.5, 0.6) is 0 Å². The van der Waals surface area contributed by atoms with Gasteiger partial charge in [0.1, 0.15) is 9.84 Å². The van der Waals surface area contributed by atoms with Crippen LogP contribution < -0.4 is 0 Å². The van der Waals surface area contributed by atoms with Gasteiger partial charge in [-0.1, -0.05) is 20.8 Å². The summed E-state index contributed by atoms with van der Waals surface area (Å²) in [6.45, 7) is 6.17. The summed E-state index contributed by atoms with van der Waals surface area (Å²) in [5, 5.41) is 0. The Balaban J connectivity index is 4.00. The molecule has 0 rings (SSSR count). The zero-order valence-electron chi connectivity index (χ0n) is 10.0. The Bertz CT molecular complexity index is 247. The van der Waals surface area contributed by atoms with Crippen LogP contribution in [0.3, 0.4) is 0 Å². The molecule has 0 fully saturated rings.